The number of aryl methyl sites for hydroxylation is 4. The zero-order chi connectivity index (χ0) is 20.7. The van der Waals surface area contributed by atoms with Crippen LogP contribution in [0.4, 0.5) is 11.4 Å². The third kappa shape index (κ3) is 3.71. The van der Waals surface area contributed by atoms with Gasteiger partial charge in [-0.15, -0.1) is 0 Å². The molecule has 0 aromatic heterocycles. The van der Waals surface area contributed by atoms with Crippen LogP contribution in [0.25, 0.3) is 0 Å². The van der Waals surface area contributed by atoms with Crippen molar-refractivity contribution in [2.45, 2.75) is 34.1 Å². The number of rotatable bonds is 4. The van der Waals surface area contributed by atoms with Gasteiger partial charge in [-0.2, -0.15) is 0 Å². The quantitative estimate of drug-likeness (QED) is 0.729. The molecule has 2 aliphatic carbocycles. The second-order valence-electron chi connectivity index (χ2n) is 8.62. The molecule has 150 valence electrons. The van der Waals surface area contributed by atoms with Crippen molar-refractivity contribution in [2.24, 2.45) is 23.7 Å². The van der Waals surface area contributed by atoms with Gasteiger partial charge in [-0.05, 0) is 69.2 Å². The van der Waals surface area contributed by atoms with Gasteiger partial charge in [-0.1, -0.05) is 47.5 Å². The molecule has 0 spiro atoms. The molecule has 2 aromatic carbocycles. The number of carbonyl (C=O) groups excluding carboxylic acids is 2. The number of hydrogen-bond acceptors (Lipinski definition) is 2. The lowest BCUT2D eigenvalue weighted by Crippen LogP contribution is -2.39. The second kappa shape index (κ2) is 7.51. The van der Waals surface area contributed by atoms with E-state index in [9.17, 15) is 9.59 Å². The van der Waals surface area contributed by atoms with E-state index >= 15 is 0 Å². The molecule has 2 aliphatic rings. The van der Waals surface area contributed by atoms with Crippen molar-refractivity contribution < 1.29 is 9.59 Å². The highest BCUT2D eigenvalue weighted by Gasteiger charge is 2.51. The monoisotopic (exact) mass is 388 g/mol. The summed E-state index contributed by atoms with van der Waals surface area (Å²) in [5, 5.41) is 6.16. The van der Waals surface area contributed by atoms with Crippen LogP contribution in [-0.4, -0.2) is 11.8 Å². The molecule has 4 atom stereocenters. The summed E-state index contributed by atoms with van der Waals surface area (Å²) < 4.78 is 0. The maximum absolute atomic E-state index is 13.2. The Labute approximate surface area is 172 Å². The number of hydrogen-bond donors (Lipinski definition) is 2. The maximum atomic E-state index is 13.2. The Hall–Kier alpha value is -2.88. The van der Waals surface area contributed by atoms with Gasteiger partial charge < -0.3 is 10.6 Å². The highest BCUT2D eigenvalue weighted by molar-refractivity contribution is 6.01. The SMILES string of the molecule is Cc1ccc(NC(=O)[C@H]2[C@H](C(=O)Nc3ccc(C)cc3C)[C@H]3C=C[C@@H]2C3)c(C)c1. The summed E-state index contributed by atoms with van der Waals surface area (Å²) in [5.41, 5.74) is 6.03. The Bertz CT molecular complexity index is 928. The first-order valence-corrected chi connectivity index (χ1v) is 10.3. The number of benzene rings is 2. The van der Waals surface area contributed by atoms with Crippen LogP contribution in [0.3, 0.4) is 0 Å². The van der Waals surface area contributed by atoms with Crippen LogP contribution in [0, 0.1) is 51.4 Å². The van der Waals surface area contributed by atoms with E-state index in [0.717, 1.165) is 40.0 Å². The van der Waals surface area contributed by atoms with Gasteiger partial charge >= 0.3 is 0 Å². The van der Waals surface area contributed by atoms with E-state index in [4.69, 9.17) is 0 Å². The van der Waals surface area contributed by atoms with Crippen LogP contribution in [0.5, 0.6) is 0 Å². The third-order valence-corrected chi connectivity index (χ3v) is 6.34. The van der Waals surface area contributed by atoms with Crippen molar-refractivity contribution in [3.05, 3.63) is 70.8 Å². The van der Waals surface area contributed by atoms with Crippen LogP contribution >= 0.6 is 0 Å². The Morgan fingerprint density at radius 2 is 1.14 bits per heavy atom. The molecule has 2 bridgehead atoms. The first-order chi connectivity index (χ1) is 13.8. The molecule has 0 heterocycles. The number of anilines is 2. The normalized spacial score (nSPS) is 24.6. The highest BCUT2D eigenvalue weighted by atomic mass is 16.2. The summed E-state index contributed by atoms with van der Waals surface area (Å²) in [5.74, 6) is -0.543. The smallest absolute Gasteiger partial charge is 0.228 e. The molecule has 4 rings (SSSR count). The van der Waals surface area contributed by atoms with Gasteiger partial charge in [0.05, 0.1) is 11.8 Å². The molecular weight excluding hydrogens is 360 g/mol. The van der Waals surface area contributed by atoms with E-state index in [0.29, 0.717) is 0 Å². The lowest BCUT2D eigenvalue weighted by Gasteiger charge is -2.27. The highest BCUT2D eigenvalue weighted by Crippen LogP contribution is 2.49. The van der Waals surface area contributed by atoms with E-state index in [2.05, 4.69) is 34.9 Å². The molecule has 2 N–H and O–H groups in total. The summed E-state index contributed by atoms with van der Waals surface area (Å²) in [6, 6.07) is 12.0. The van der Waals surface area contributed by atoms with Gasteiger partial charge in [0.2, 0.25) is 11.8 Å². The zero-order valence-electron chi connectivity index (χ0n) is 17.5. The van der Waals surface area contributed by atoms with Gasteiger partial charge in [0, 0.05) is 11.4 Å². The Balaban J connectivity index is 1.55. The number of fused-ring (bicyclic) bond motifs is 2. The molecule has 0 radical (unpaired) electrons. The second-order valence-corrected chi connectivity index (χ2v) is 8.62. The number of carbonyl (C=O) groups is 2. The summed E-state index contributed by atoms with van der Waals surface area (Å²) in [6.45, 7) is 8.06. The average Bonchev–Trinajstić information content (AvgIpc) is 3.27. The predicted octanol–water partition coefficient (Wildman–Crippen LogP) is 4.94. The van der Waals surface area contributed by atoms with E-state index in [1.807, 2.05) is 52.0 Å². The van der Waals surface area contributed by atoms with Crippen molar-refractivity contribution in [1.82, 2.24) is 0 Å². The van der Waals surface area contributed by atoms with E-state index in [-0.39, 0.29) is 35.5 Å². The standard InChI is InChI=1S/C25H28N2O2/c1-14-5-9-20(16(3)11-14)26-24(28)22-18-7-8-19(13-18)23(22)25(29)27-21-10-6-15(2)12-17(21)4/h5-12,18-19,22-23H,13H2,1-4H3,(H,26,28)(H,27,29)/t18-,19+,22-,23-/m1/s1. The van der Waals surface area contributed by atoms with Crippen molar-refractivity contribution >= 4 is 23.2 Å². The molecule has 1 fully saturated rings. The largest absolute Gasteiger partial charge is 0.326 e. The lowest BCUT2D eigenvalue weighted by molar-refractivity contribution is -0.129. The summed E-state index contributed by atoms with van der Waals surface area (Å²) in [6.07, 6.45) is 5.09. The van der Waals surface area contributed by atoms with Crippen LogP contribution in [0.15, 0.2) is 48.6 Å². The number of amides is 2. The molecule has 0 aliphatic heterocycles. The fourth-order valence-corrected chi connectivity index (χ4v) is 4.88. The van der Waals surface area contributed by atoms with E-state index in [1.165, 1.54) is 0 Å². The number of nitrogens with one attached hydrogen (secondary N) is 2. The minimum atomic E-state index is -0.337. The molecule has 0 saturated heterocycles. The Morgan fingerprint density at radius 1 is 0.724 bits per heavy atom. The molecular formula is C25H28N2O2. The molecule has 1 saturated carbocycles. The Kier molecular flexibility index (Phi) is 5.03. The van der Waals surface area contributed by atoms with Crippen molar-refractivity contribution in [3.63, 3.8) is 0 Å². The first kappa shape index (κ1) is 19.4. The minimum absolute atomic E-state index is 0.0606. The fourth-order valence-electron chi connectivity index (χ4n) is 4.88. The fraction of sp³-hybridized carbons (Fsp3) is 0.360. The third-order valence-electron chi connectivity index (χ3n) is 6.34. The van der Waals surface area contributed by atoms with Gasteiger partial charge in [0.15, 0.2) is 0 Å². The van der Waals surface area contributed by atoms with Gasteiger partial charge in [0.25, 0.3) is 0 Å². The van der Waals surface area contributed by atoms with Crippen LogP contribution in [0.1, 0.15) is 28.7 Å². The van der Waals surface area contributed by atoms with Crippen molar-refractivity contribution in [1.29, 1.82) is 0 Å². The van der Waals surface area contributed by atoms with Crippen molar-refractivity contribution in [2.75, 3.05) is 10.6 Å². The van der Waals surface area contributed by atoms with Crippen molar-refractivity contribution in [3.8, 4) is 0 Å². The van der Waals surface area contributed by atoms with E-state index in [1.54, 1.807) is 0 Å². The van der Waals surface area contributed by atoms with Crippen LogP contribution in [0.2, 0.25) is 0 Å². The molecule has 2 aromatic rings. The first-order valence-electron chi connectivity index (χ1n) is 10.3. The maximum Gasteiger partial charge on any atom is 0.228 e. The summed E-state index contributed by atoms with van der Waals surface area (Å²) in [7, 11) is 0. The van der Waals surface area contributed by atoms with Crippen LogP contribution < -0.4 is 10.6 Å². The van der Waals surface area contributed by atoms with Gasteiger partial charge in [0.1, 0.15) is 0 Å². The molecule has 0 unspecified atom stereocenters. The zero-order valence-corrected chi connectivity index (χ0v) is 17.5. The number of allylic oxidation sites excluding steroid dienone is 2. The summed E-state index contributed by atoms with van der Waals surface area (Å²) in [4.78, 5) is 26.4. The lowest BCUT2D eigenvalue weighted by atomic mass is 9.81. The van der Waals surface area contributed by atoms with Gasteiger partial charge in [-0.3, -0.25) is 9.59 Å². The average molecular weight is 389 g/mol. The van der Waals surface area contributed by atoms with E-state index < -0.39 is 0 Å². The molecule has 2 amide bonds. The van der Waals surface area contributed by atoms with Gasteiger partial charge in [-0.25, -0.2) is 0 Å². The van der Waals surface area contributed by atoms with Crippen LogP contribution in [-0.2, 0) is 9.59 Å². The molecule has 4 heteroatoms. The Morgan fingerprint density at radius 3 is 1.52 bits per heavy atom. The molecule has 29 heavy (non-hydrogen) atoms. The summed E-state index contributed by atoms with van der Waals surface area (Å²) >= 11 is 0. The molecule has 4 nitrogen and oxygen atoms in total. The topological polar surface area (TPSA) is 58.2 Å². The minimum Gasteiger partial charge on any atom is -0.326 e. The predicted molar refractivity (Wildman–Crippen MR) is 117 cm³/mol.